The van der Waals surface area contributed by atoms with Crippen LogP contribution in [0.2, 0.25) is 0 Å². The Hall–Kier alpha value is -2.32. The van der Waals surface area contributed by atoms with Crippen molar-refractivity contribution in [1.29, 1.82) is 0 Å². The molecule has 9 heteroatoms. The molecule has 1 fully saturated rings. The first-order chi connectivity index (χ1) is 10.8. The third-order valence-electron chi connectivity index (χ3n) is 3.27. The molecular weight excluding hydrogens is 315 g/mol. The number of anilines is 1. The maximum Gasteiger partial charge on any atom is 0.406 e. The van der Waals surface area contributed by atoms with Gasteiger partial charge in [0.05, 0.1) is 12.5 Å². The fourth-order valence-electron chi connectivity index (χ4n) is 2.29. The van der Waals surface area contributed by atoms with Crippen LogP contribution in [-0.2, 0) is 9.59 Å². The van der Waals surface area contributed by atoms with E-state index in [1.165, 1.54) is 6.20 Å². The zero-order valence-corrected chi connectivity index (χ0v) is 12.4. The Bertz CT molecular complexity index is 592. The second-order valence-corrected chi connectivity index (χ2v) is 5.07. The Balaban J connectivity index is 2.01. The number of nitrogens with zero attached hydrogens (tertiary/aromatic N) is 2. The van der Waals surface area contributed by atoms with Gasteiger partial charge in [0.1, 0.15) is 12.2 Å². The number of alkyl halides is 3. The van der Waals surface area contributed by atoms with Crippen molar-refractivity contribution in [1.82, 2.24) is 9.88 Å². The predicted molar refractivity (Wildman–Crippen MR) is 74.8 cm³/mol. The van der Waals surface area contributed by atoms with Crippen molar-refractivity contribution < 1.29 is 27.5 Å². The van der Waals surface area contributed by atoms with E-state index in [0.717, 1.165) is 0 Å². The van der Waals surface area contributed by atoms with Gasteiger partial charge in [-0.2, -0.15) is 13.2 Å². The molecule has 6 nitrogen and oxygen atoms in total. The van der Waals surface area contributed by atoms with Gasteiger partial charge in [0.15, 0.2) is 0 Å². The van der Waals surface area contributed by atoms with Gasteiger partial charge in [0.25, 0.3) is 0 Å². The lowest BCUT2D eigenvalue weighted by Crippen LogP contribution is -2.36. The average Bonchev–Trinajstić information content (AvgIpc) is 2.81. The fourth-order valence-corrected chi connectivity index (χ4v) is 2.29. The molecule has 0 radical (unpaired) electrons. The zero-order chi connectivity index (χ0) is 17.0. The number of ether oxygens (including phenoxy) is 1. The fraction of sp³-hybridized carbons (Fsp3) is 0.500. The summed E-state index contributed by atoms with van der Waals surface area (Å²) < 4.78 is 42.4. The normalized spacial score (nSPS) is 18.2. The molecule has 2 rings (SSSR count). The van der Waals surface area contributed by atoms with Crippen molar-refractivity contribution in [2.75, 3.05) is 25.0 Å². The Morgan fingerprint density at radius 1 is 1.52 bits per heavy atom. The number of amides is 2. The van der Waals surface area contributed by atoms with Gasteiger partial charge >= 0.3 is 6.18 Å². The van der Waals surface area contributed by atoms with Crippen LogP contribution in [0.3, 0.4) is 0 Å². The zero-order valence-electron chi connectivity index (χ0n) is 12.4. The minimum atomic E-state index is -4.48. The van der Waals surface area contributed by atoms with E-state index in [0.29, 0.717) is 17.2 Å². The molecular formula is C14H16F3N3O3. The predicted octanol–water partition coefficient (Wildman–Crippen LogP) is 1.83. The molecule has 0 bridgehead atoms. The number of hydrogen-bond acceptors (Lipinski definition) is 4. The first kappa shape index (κ1) is 17.0. The summed E-state index contributed by atoms with van der Waals surface area (Å²) in [5.74, 6) is -1.82. The number of carbonyl (C=O) groups excluding carboxylic acids is 2. The lowest BCUT2D eigenvalue weighted by molar-refractivity contribution is -0.157. The number of pyridine rings is 1. The number of carbonyl (C=O) groups is 2. The highest BCUT2D eigenvalue weighted by molar-refractivity contribution is 5.97. The topological polar surface area (TPSA) is 71.5 Å². The van der Waals surface area contributed by atoms with Gasteiger partial charge in [-0.05, 0) is 19.1 Å². The summed E-state index contributed by atoms with van der Waals surface area (Å²) in [5.41, 5.74) is 0.320. The van der Waals surface area contributed by atoms with E-state index in [-0.39, 0.29) is 18.8 Å². The second kappa shape index (κ2) is 6.84. The van der Waals surface area contributed by atoms with Gasteiger partial charge in [-0.3, -0.25) is 9.59 Å². The van der Waals surface area contributed by atoms with Gasteiger partial charge in [-0.1, -0.05) is 0 Å². The van der Waals surface area contributed by atoms with Gasteiger partial charge in [-0.25, -0.2) is 4.98 Å². The number of aromatic nitrogens is 1. The van der Waals surface area contributed by atoms with Crippen LogP contribution < -0.4 is 10.1 Å². The molecule has 0 saturated carbocycles. The van der Waals surface area contributed by atoms with Crippen molar-refractivity contribution in [2.45, 2.75) is 19.5 Å². The third kappa shape index (κ3) is 4.57. The first-order valence-electron chi connectivity index (χ1n) is 7.03. The Morgan fingerprint density at radius 2 is 2.26 bits per heavy atom. The summed E-state index contributed by atoms with van der Waals surface area (Å²) >= 11 is 0. The number of rotatable bonds is 5. The number of hydrogen-bond donors (Lipinski definition) is 1. The van der Waals surface area contributed by atoms with Crippen molar-refractivity contribution in [3.63, 3.8) is 0 Å². The average molecular weight is 331 g/mol. The Labute approximate surface area is 130 Å². The first-order valence-corrected chi connectivity index (χ1v) is 7.03. The van der Waals surface area contributed by atoms with Crippen molar-refractivity contribution >= 4 is 17.5 Å². The molecule has 1 unspecified atom stereocenters. The molecule has 0 aromatic carbocycles. The quantitative estimate of drug-likeness (QED) is 0.893. The summed E-state index contributed by atoms with van der Waals surface area (Å²) in [7, 11) is 0. The molecule has 2 heterocycles. The van der Waals surface area contributed by atoms with Crippen LogP contribution in [0, 0.1) is 5.92 Å². The summed E-state index contributed by atoms with van der Waals surface area (Å²) in [4.78, 5) is 28.4. The summed E-state index contributed by atoms with van der Waals surface area (Å²) in [5, 5.41) is 2.55. The standard InChI is InChI=1S/C14H16F3N3O3/c1-2-23-13-10(4-3-5-18-13)19-12(22)9-6-11(21)20(7-9)8-14(15,16)17/h3-5,9H,2,6-8H2,1H3,(H,19,22). The molecule has 1 saturated heterocycles. The van der Waals surface area contributed by atoms with E-state index in [9.17, 15) is 22.8 Å². The minimum absolute atomic E-state index is 0.222. The maximum absolute atomic E-state index is 12.4. The van der Waals surface area contributed by atoms with Crippen LogP contribution in [0.15, 0.2) is 18.3 Å². The summed E-state index contributed by atoms with van der Waals surface area (Å²) in [6.07, 6.45) is -3.23. The highest BCUT2D eigenvalue weighted by Gasteiger charge is 2.40. The number of halogens is 3. The molecule has 1 aliphatic heterocycles. The number of likely N-dealkylation sites (tertiary alicyclic amines) is 1. The molecule has 1 atom stereocenters. The van der Waals surface area contributed by atoms with Gasteiger partial charge in [0.2, 0.25) is 17.7 Å². The van der Waals surface area contributed by atoms with E-state index < -0.39 is 30.5 Å². The lowest BCUT2D eigenvalue weighted by atomic mass is 10.1. The van der Waals surface area contributed by atoms with Crippen molar-refractivity contribution in [2.24, 2.45) is 5.92 Å². The molecule has 126 valence electrons. The molecule has 0 aliphatic carbocycles. The Kier molecular flexibility index (Phi) is 5.07. The minimum Gasteiger partial charge on any atom is -0.476 e. The lowest BCUT2D eigenvalue weighted by Gasteiger charge is -2.18. The van der Waals surface area contributed by atoms with Crippen LogP contribution in [-0.4, -0.2) is 47.6 Å². The van der Waals surface area contributed by atoms with Crippen molar-refractivity contribution in [3.05, 3.63) is 18.3 Å². The number of nitrogens with one attached hydrogen (secondary N) is 1. The molecule has 2 amide bonds. The highest BCUT2D eigenvalue weighted by Crippen LogP contribution is 2.26. The Morgan fingerprint density at radius 3 is 2.91 bits per heavy atom. The molecule has 1 N–H and O–H groups in total. The van der Waals surface area contributed by atoms with Crippen LogP contribution in [0.1, 0.15) is 13.3 Å². The molecule has 23 heavy (non-hydrogen) atoms. The smallest absolute Gasteiger partial charge is 0.406 e. The molecule has 1 aromatic heterocycles. The summed E-state index contributed by atoms with van der Waals surface area (Å²) in [6.45, 7) is 0.507. The largest absolute Gasteiger partial charge is 0.476 e. The van der Waals surface area contributed by atoms with E-state index in [4.69, 9.17) is 4.74 Å². The van der Waals surface area contributed by atoms with E-state index in [2.05, 4.69) is 10.3 Å². The van der Waals surface area contributed by atoms with Crippen LogP contribution in [0.25, 0.3) is 0 Å². The van der Waals surface area contributed by atoms with Gasteiger partial charge in [0, 0.05) is 19.2 Å². The molecule has 1 aliphatic rings. The van der Waals surface area contributed by atoms with Crippen molar-refractivity contribution in [3.8, 4) is 5.88 Å². The van der Waals surface area contributed by atoms with Gasteiger partial charge in [-0.15, -0.1) is 0 Å². The van der Waals surface area contributed by atoms with E-state index >= 15 is 0 Å². The molecule has 1 aromatic rings. The van der Waals surface area contributed by atoms with E-state index in [1.807, 2.05) is 0 Å². The monoisotopic (exact) mass is 331 g/mol. The maximum atomic E-state index is 12.4. The van der Waals surface area contributed by atoms with Crippen LogP contribution >= 0.6 is 0 Å². The molecule has 0 spiro atoms. The van der Waals surface area contributed by atoms with E-state index in [1.54, 1.807) is 19.1 Å². The second-order valence-electron chi connectivity index (χ2n) is 5.07. The van der Waals surface area contributed by atoms with Crippen LogP contribution in [0.5, 0.6) is 5.88 Å². The summed E-state index contributed by atoms with van der Waals surface area (Å²) in [6, 6.07) is 3.16. The third-order valence-corrected chi connectivity index (χ3v) is 3.27. The SMILES string of the molecule is CCOc1ncccc1NC(=O)C1CC(=O)N(CC(F)(F)F)C1. The highest BCUT2D eigenvalue weighted by atomic mass is 19.4. The van der Waals surface area contributed by atoms with Crippen LogP contribution in [0.4, 0.5) is 18.9 Å². The van der Waals surface area contributed by atoms with Gasteiger partial charge < -0.3 is 15.0 Å².